The van der Waals surface area contributed by atoms with Crippen LogP contribution in [-0.2, 0) is 6.54 Å². The highest BCUT2D eigenvalue weighted by molar-refractivity contribution is 9.10. The molecule has 0 fully saturated rings. The average molecular weight is 548 g/mol. The number of nitrogens with zero attached hydrogens (tertiary/aromatic N) is 5. The molecule has 5 nitrogen and oxygen atoms in total. The van der Waals surface area contributed by atoms with Crippen molar-refractivity contribution in [3.8, 4) is 0 Å². The molecule has 182 valence electrons. The van der Waals surface area contributed by atoms with Crippen molar-refractivity contribution >= 4 is 50.5 Å². The quantitative estimate of drug-likeness (QED) is 0.202. The molecule has 5 aromatic rings. The van der Waals surface area contributed by atoms with Crippen LogP contribution < -0.4 is 5.01 Å². The van der Waals surface area contributed by atoms with Crippen molar-refractivity contribution in [3.05, 3.63) is 124 Å². The number of hydrogen-bond donors (Lipinski definition) is 0. The van der Waals surface area contributed by atoms with E-state index < -0.39 is 0 Å². The summed E-state index contributed by atoms with van der Waals surface area (Å²) in [6.07, 6.45) is 2.73. The number of hydrazone groups is 1. The topological polar surface area (TPSA) is 45.8 Å². The molecule has 0 amide bonds. The van der Waals surface area contributed by atoms with E-state index in [-0.39, 0.29) is 6.04 Å². The Labute approximate surface area is 224 Å². The van der Waals surface area contributed by atoms with Crippen molar-refractivity contribution < 1.29 is 0 Å². The van der Waals surface area contributed by atoms with Crippen molar-refractivity contribution in [1.29, 1.82) is 0 Å². The number of aryl methyl sites for hydroxylation is 1. The number of imidazole rings is 1. The standard InChI is InChI=1S/C31H26BrN5/c1-2-36-29-11-7-6-10-27(29)34-31(36)33-21-22-12-18-26(19-13-22)37-30(24-14-16-25(32)17-15-24)20-28(35-37)23-8-4-3-5-9-23/h3-19,21,30H,2,20H2,1H3/b33-21+. The summed E-state index contributed by atoms with van der Waals surface area (Å²) in [5.41, 5.74) is 7.63. The van der Waals surface area contributed by atoms with Gasteiger partial charge in [0.15, 0.2) is 0 Å². The number of fused-ring (bicyclic) bond motifs is 1. The summed E-state index contributed by atoms with van der Waals surface area (Å²) in [5, 5.41) is 7.21. The summed E-state index contributed by atoms with van der Waals surface area (Å²) < 4.78 is 3.21. The van der Waals surface area contributed by atoms with E-state index in [4.69, 9.17) is 15.1 Å². The van der Waals surface area contributed by atoms with Gasteiger partial charge in [0.2, 0.25) is 5.95 Å². The van der Waals surface area contributed by atoms with E-state index in [0.29, 0.717) is 0 Å². The largest absolute Gasteiger partial charge is 0.309 e. The minimum Gasteiger partial charge on any atom is -0.309 e. The number of hydrogen-bond acceptors (Lipinski definition) is 4. The van der Waals surface area contributed by atoms with E-state index in [9.17, 15) is 0 Å². The maximum atomic E-state index is 5.07. The van der Waals surface area contributed by atoms with E-state index >= 15 is 0 Å². The third-order valence-electron chi connectivity index (χ3n) is 6.71. The minimum absolute atomic E-state index is 0.132. The summed E-state index contributed by atoms with van der Waals surface area (Å²) in [4.78, 5) is 9.42. The first-order valence-electron chi connectivity index (χ1n) is 12.5. The van der Waals surface area contributed by atoms with Crippen LogP contribution in [0.4, 0.5) is 11.6 Å². The molecule has 1 atom stereocenters. The van der Waals surface area contributed by atoms with Crippen molar-refractivity contribution in [2.75, 3.05) is 5.01 Å². The van der Waals surface area contributed by atoms with E-state index in [2.05, 4.69) is 111 Å². The Bertz CT molecular complexity index is 1590. The SMILES string of the molecule is CCn1c(/N=C/c2ccc(N3N=C(c4ccccc4)CC3c3ccc(Br)cc3)cc2)nc2ccccc21. The Morgan fingerprint density at radius 2 is 1.62 bits per heavy atom. The molecule has 1 aromatic heterocycles. The highest BCUT2D eigenvalue weighted by Crippen LogP contribution is 2.37. The van der Waals surface area contributed by atoms with Gasteiger partial charge in [-0.2, -0.15) is 5.10 Å². The number of aromatic nitrogens is 2. The molecule has 1 aliphatic heterocycles. The third kappa shape index (κ3) is 4.72. The Hall–Kier alpha value is -4.03. The Kier molecular flexibility index (Phi) is 6.41. The molecule has 6 rings (SSSR count). The lowest BCUT2D eigenvalue weighted by molar-refractivity contribution is 0.709. The van der Waals surface area contributed by atoms with Crippen LogP contribution in [0.15, 0.2) is 118 Å². The number of rotatable bonds is 6. The molecule has 0 saturated heterocycles. The zero-order valence-corrected chi connectivity index (χ0v) is 22.1. The molecule has 2 heterocycles. The maximum absolute atomic E-state index is 5.07. The van der Waals surface area contributed by atoms with Gasteiger partial charge in [0.1, 0.15) is 0 Å². The number of halogens is 1. The third-order valence-corrected chi connectivity index (χ3v) is 7.24. The van der Waals surface area contributed by atoms with Crippen LogP contribution in [0, 0.1) is 0 Å². The number of para-hydroxylation sites is 2. The smallest absolute Gasteiger partial charge is 0.230 e. The van der Waals surface area contributed by atoms with Crippen molar-refractivity contribution in [1.82, 2.24) is 9.55 Å². The highest BCUT2D eigenvalue weighted by Gasteiger charge is 2.29. The first kappa shape index (κ1) is 23.4. The van der Waals surface area contributed by atoms with Gasteiger partial charge in [0, 0.05) is 23.7 Å². The van der Waals surface area contributed by atoms with E-state index in [1.165, 1.54) is 5.56 Å². The van der Waals surface area contributed by atoms with Gasteiger partial charge in [-0.1, -0.05) is 82.7 Å². The van der Waals surface area contributed by atoms with Crippen molar-refractivity contribution in [2.24, 2.45) is 10.1 Å². The fourth-order valence-corrected chi connectivity index (χ4v) is 5.08. The zero-order chi connectivity index (χ0) is 25.2. The summed E-state index contributed by atoms with van der Waals surface area (Å²) in [6, 6.07) is 35.7. The molecule has 0 N–H and O–H groups in total. The molecule has 1 aliphatic rings. The maximum Gasteiger partial charge on any atom is 0.230 e. The molecule has 4 aromatic carbocycles. The van der Waals surface area contributed by atoms with Crippen LogP contribution in [0.25, 0.3) is 11.0 Å². The van der Waals surface area contributed by atoms with Crippen LogP contribution in [0.5, 0.6) is 0 Å². The molecule has 0 radical (unpaired) electrons. The number of anilines is 1. The molecular formula is C31H26BrN5. The minimum atomic E-state index is 0.132. The molecule has 37 heavy (non-hydrogen) atoms. The lowest BCUT2D eigenvalue weighted by atomic mass is 9.98. The van der Waals surface area contributed by atoms with Gasteiger partial charge in [0.05, 0.1) is 28.5 Å². The first-order valence-corrected chi connectivity index (χ1v) is 13.3. The lowest BCUT2D eigenvalue weighted by Gasteiger charge is -2.24. The van der Waals surface area contributed by atoms with Gasteiger partial charge in [-0.15, -0.1) is 0 Å². The summed E-state index contributed by atoms with van der Waals surface area (Å²) >= 11 is 3.56. The normalized spacial score (nSPS) is 15.6. The number of aliphatic imine (C=N–C) groups is 1. The molecule has 0 spiro atoms. The Morgan fingerprint density at radius 1 is 0.892 bits per heavy atom. The zero-order valence-electron chi connectivity index (χ0n) is 20.5. The molecule has 0 saturated carbocycles. The summed E-state index contributed by atoms with van der Waals surface area (Å²) in [5.74, 6) is 0.722. The second-order valence-corrected chi connectivity index (χ2v) is 9.94. The average Bonchev–Trinajstić information content (AvgIpc) is 3.55. The van der Waals surface area contributed by atoms with Gasteiger partial charge >= 0.3 is 0 Å². The Morgan fingerprint density at radius 3 is 2.38 bits per heavy atom. The predicted octanol–water partition coefficient (Wildman–Crippen LogP) is 7.93. The van der Waals surface area contributed by atoms with Gasteiger partial charge < -0.3 is 4.57 Å². The van der Waals surface area contributed by atoms with E-state index in [0.717, 1.165) is 56.9 Å². The lowest BCUT2D eigenvalue weighted by Crippen LogP contribution is -2.18. The van der Waals surface area contributed by atoms with Crippen LogP contribution in [-0.4, -0.2) is 21.5 Å². The Balaban J connectivity index is 1.29. The van der Waals surface area contributed by atoms with Crippen LogP contribution >= 0.6 is 15.9 Å². The van der Waals surface area contributed by atoms with Crippen molar-refractivity contribution in [3.63, 3.8) is 0 Å². The van der Waals surface area contributed by atoms with Gasteiger partial charge in [-0.25, -0.2) is 9.98 Å². The fraction of sp³-hybridized carbons (Fsp3) is 0.129. The molecule has 0 bridgehead atoms. The first-order chi connectivity index (χ1) is 18.2. The summed E-state index contributed by atoms with van der Waals surface area (Å²) in [6.45, 7) is 2.93. The van der Waals surface area contributed by atoms with E-state index in [1.807, 2.05) is 30.5 Å². The fourth-order valence-electron chi connectivity index (χ4n) is 4.82. The van der Waals surface area contributed by atoms with Crippen LogP contribution in [0.2, 0.25) is 0 Å². The van der Waals surface area contributed by atoms with Crippen molar-refractivity contribution in [2.45, 2.75) is 25.9 Å². The molecule has 1 unspecified atom stereocenters. The van der Waals surface area contributed by atoms with Crippen LogP contribution in [0.1, 0.15) is 36.1 Å². The molecular weight excluding hydrogens is 522 g/mol. The second kappa shape index (κ2) is 10.1. The highest BCUT2D eigenvalue weighted by atomic mass is 79.9. The predicted molar refractivity (Wildman–Crippen MR) is 156 cm³/mol. The van der Waals surface area contributed by atoms with Gasteiger partial charge in [-0.3, -0.25) is 5.01 Å². The van der Waals surface area contributed by atoms with E-state index in [1.54, 1.807) is 0 Å². The molecule has 6 heteroatoms. The molecule has 0 aliphatic carbocycles. The van der Waals surface area contributed by atoms with Gasteiger partial charge in [0.25, 0.3) is 0 Å². The monoisotopic (exact) mass is 547 g/mol. The number of benzene rings is 4. The van der Waals surface area contributed by atoms with Crippen LogP contribution in [0.3, 0.4) is 0 Å². The summed E-state index contributed by atoms with van der Waals surface area (Å²) in [7, 11) is 0. The second-order valence-electron chi connectivity index (χ2n) is 9.02. The van der Waals surface area contributed by atoms with Gasteiger partial charge in [-0.05, 0) is 60.0 Å².